The van der Waals surface area contributed by atoms with E-state index in [1.165, 1.54) is 5.56 Å². The molecule has 80 valence electrons. The van der Waals surface area contributed by atoms with Crippen molar-refractivity contribution in [3.05, 3.63) is 34.9 Å². The first-order valence-corrected chi connectivity index (χ1v) is 5.37. The minimum Gasteiger partial charge on any atom is -0.370 e. The van der Waals surface area contributed by atoms with Crippen LogP contribution in [0.1, 0.15) is 24.3 Å². The molecule has 0 aromatic heterocycles. The Hall–Kier alpha value is -1.22. The number of hydrogen-bond donors (Lipinski definition) is 2. The summed E-state index contributed by atoms with van der Waals surface area (Å²) in [5.74, 6) is 0.737. The first-order chi connectivity index (χ1) is 7.15. The van der Waals surface area contributed by atoms with Crippen molar-refractivity contribution in [2.45, 2.75) is 24.8 Å². The van der Waals surface area contributed by atoms with Crippen LogP contribution in [-0.2, 0) is 0 Å². The van der Waals surface area contributed by atoms with Crippen LogP contribution in [0.15, 0.2) is 29.3 Å². The molecule has 1 aromatic rings. The molecule has 3 nitrogen and oxygen atoms in total. The van der Waals surface area contributed by atoms with E-state index >= 15 is 0 Å². The van der Waals surface area contributed by atoms with Crippen LogP contribution in [0.2, 0.25) is 5.02 Å². The van der Waals surface area contributed by atoms with Crippen LogP contribution in [0.3, 0.4) is 0 Å². The van der Waals surface area contributed by atoms with Gasteiger partial charge in [0.2, 0.25) is 0 Å². The lowest BCUT2D eigenvalue weighted by Crippen LogP contribution is -2.31. The summed E-state index contributed by atoms with van der Waals surface area (Å²) >= 11 is 5.92. The topological polar surface area (TPSA) is 64.4 Å². The second-order valence-electron chi connectivity index (χ2n) is 3.93. The second kappa shape index (κ2) is 4.11. The molecule has 0 atom stereocenters. The lowest BCUT2D eigenvalue weighted by molar-refractivity contribution is 0.353. The first kappa shape index (κ1) is 10.3. The third-order valence-electron chi connectivity index (χ3n) is 2.76. The van der Waals surface area contributed by atoms with Gasteiger partial charge in [0.1, 0.15) is 0 Å². The number of aliphatic imine (C=N–C) groups is 1. The summed E-state index contributed by atoms with van der Waals surface area (Å²) in [6.07, 6.45) is 2.02. The number of benzene rings is 1. The number of guanidine groups is 1. The summed E-state index contributed by atoms with van der Waals surface area (Å²) in [6, 6.07) is 8.27. The molecular weight excluding hydrogens is 210 g/mol. The van der Waals surface area contributed by atoms with Crippen LogP contribution in [0.5, 0.6) is 0 Å². The predicted octanol–water partition coefficient (Wildman–Crippen LogP) is 1.86. The van der Waals surface area contributed by atoms with Crippen LogP contribution < -0.4 is 11.5 Å². The molecule has 1 saturated carbocycles. The van der Waals surface area contributed by atoms with Crippen molar-refractivity contribution >= 4 is 17.6 Å². The van der Waals surface area contributed by atoms with Crippen LogP contribution in [0.25, 0.3) is 0 Å². The molecule has 4 heteroatoms. The van der Waals surface area contributed by atoms with Crippen LogP contribution in [0, 0.1) is 0 Å². The molecule has 0 unspecified atom stereocenters. The van der Waals surface area contributed by atoms with E-state index in [-0.39, 0.29) is 5.96 Å². The molecule has 0 amide bonds. The third kappa shape index (κ3) is 2.42. The highest BCUT2D eigenvalue weighted by Gasteiger charge is 2.30. The van der Waals surface area contributed by atoms with E-state index in [0.29, 0.717) is 12.0 Å². The van der Waals surface area contributed by atoms with Gasteiger partial charge in [-0.3, -0.25) is 4.99 Å². The standard InChI is InChI=1S/C11H14ClN3/c12-9-3-1-2-7(4-9)8-5-10(6-8)15-11(13)14/h1-4,8,10H,5-6H2,(H4,13,14,15). The SMILES string of the molecule is NC(N)=NC1CC(c2cccc(Cl)c2)C1. The number of nitrogens with zero attached hydrogens (tertiary/aromatic N) is 1. The van der Waals surface area contributed by atoms with Gasteiger partial charge in [0.15, 0.2) is 5.96 Å². The zero-order chi connectivity index (χ0) is 10.8. The molecule has 0 spiro atoms. The van der Waals surface area contributed by atoms with Crippen LogP contribution >= 0.6 is 11.6 Å². The summed E-state index contributed by atoms with van der Waals surface area (Å²) in [5.41, 5.74) is 11.9. The summed E-state index contributed by atoms with van der Waals surface area (Å²) in [4.78, 5) is 4.12. The van der Waals surface area contributed by atoms with E-state index in [9.17, 15) is 0 Å². The van der Waals surface area contributed by atoms with Gasteiger partial charge in [-0.05, 0) is 36.5 Å². The van der Waals surface area contributed by atoms with E-state index in [0.717, 1.165) is 17.9 Å². The van der Waals surface area contributed by atoms with Crippen LogP contribution in [-0.4, -0.2) is 12.0 Å². The lowest BCUT2D eigenvalue weighted by Gasteiger charge is -2.33. The molecule has 1 aromatic carbocycles. The molecule has 0 bridgehead atoms. The molecule has 0 saturated heterocycles. The van der Waals surface area contributed by atoms with Gasteiger partial charge in [-0.25, -0.2) is 0 Å². The summed E-state index contributed by atoms with van der Waals surface area (Å²) in [7, 11) is 0. The highest BCUT2D eigenvalue weighted by Crippen LogP contribution is 2.39. The molecular formula is C11H14ClN3. The zero-order valence-electron chi connectivity index (χ0n) is 8.36. The van der Waals surface area contributed by atoms with E-state index < -0.39 is 0 Å². The molecule has 1 fully saturated rings. The van der Waals surface area contributed by atoms with E-state index in [1.54, 1.807) is 0 Å². The number of hydrogen-bond acceptors (Lipinski definition) is 1. The molecule has 0 aliphatic heterocycles. The van der Waals surface area contributed by atoms with Crippen molar-refractivity contribution in [1.82, 2.24) is 0 Å². The van der Waals surface area contributed by atoms with Gasteiger partial charge in [0, 0.05) is 5.02 Å². The Bertz CT molecular complexity index is 379. The highest BCUT2D eigenvalue weighted by atomic mass is 35.5. The second-order valence-corrected chi connectivity index (χ2v) is 4.37. The normalized spacial score (nSPS) is 24.3. The maximum absolute atomic E-state index is 5.92. The average Bonchev–Trinajstić information content (AvgIpc) is 2.10. The predicted molar refractivity (Wildman–Crippen MR) is 63.0 cm³/mol. The van der Waals surface area contributed by atoms with E-state index in [1.807, 2.05) is 18.2 Å². The minimum atomic E-state index is 0.185. The number of halogens is 1. The summed E-state index contributed by atoms with van der Waals surface area (Å²) in [6.45, 7) is 0. The van der Waals surface area contributed by atoms with Crippen molar-refractivity contribution in [1.29, 1.82) is 0 Å². The summed E-state index contributed by atoms with van der Waals surface area (Å²) in [5, 5.41) is 0.790. The Balaban J connectivity index is 1.97. The maximum Gasteiger partial charge on any atom is 0.186 e. The van der Waals surface area contributed by atoms with Gasteiger partial charge < -0.3 is 11.5 Å². The average molecular weight is 224 g/mol. The fourth-order valence-electron chi connectivity index (χ4n) is 1.94. The monoisotopic (exact) mass is 223 g/mol. The fraction of sp³-hybridized carbons (Fsp3) is 0.364. The first-order valence-electron chi connectivity index (χ1n) is 4.99. The van der Waals surface area contributed by atoms with Crippen molar-refractivity contribution in [3.8, 4) is 0 Å². The van der Waals surface area contributed by atoms with Crippen molar-refractivity contribution in [2.24, 2.45) is 16.5 Å². The largest absolute Gasteiger partial charge is 0.370 e. The van der Waals surface area contributed by atoms with Gasteiger partial charge in [-0.15, -0.1) is 0 Å². The van der Waals surface area contributed by atoms with Gasteiger partial charge in [0.05, 0.1) is 6.04 Å². The van der Waals surface area contributed by atoms with Gasteiger partial charge in [0.25, 0.3) is 0 Å². The zero-order valence-corrected chi connectivity index (χ0v) is 9.11. The van der Waals surface area contributed by atoms with Gasteiger partial charge >= 0.3 is 0 Å². The Kier molecular flexibility index (Phi) is 2.82. The Morgan fingerprint density at radius 2 is 2.07 bits per heavy atom. The Morgan fingerprint density at radius 1 is 1.33 bits per heavy atom. The molecule has 2 rings (SSSR count). The molecule has 4 N–H and O–H groups in total. The maximum atomic E-state index is 5.92. The summed E-state index contributed by atoms with van der Waals surface area (Å²) < 4.78 is 0. The van der Waals surface area contributed by atoms with Crippen molar-refractivity contribution < 1.29 is 0 Å². The molecule has 15 heavy (non-hydrogen) atoms. The van der Waals surface area contributed by atoms with Crippen molar-refractivity contribution in [3.63, 3.8) is 0 Å². The third-order valence-corrected chi connectivity index (χ3v) is 3.00. The van der Waals surface area contributed by atoms with Gasteiger partial charge in [-0.1, -0.05) is 23.7 Å². The fourth-order valence-corrected chi connectivity index (χ4v) is 2.14. The van der Waals surface area contributed by atoms with Crippen LogP contribution in [0.4, 0.5) is 0 Å². The highest BCUT2D eigenvalue weighted by molar-refractivity contribution is 6.30. The van der Waals surface area contributed by atoms with Crippen molar-refractivity contribution in [2.75, 3.05) is 0 Å². The molecule has 0 radical (unpaired) electrons. The van der Waals surface area contributed by atoms with Gasteiger partial charge in [-0.2, -0.15) is 0 Å². The van der Waals surface area contributed by atoms with E-state index in [4.69, 9.17) is 23.1 Å². The smallest absolute Gasteiger partial charge is 0.186 e. The van der Waals surface area contributed by atoms with E-state index in [2.05, 4.69) is 11.1 Å². The lowest BCUT2D eigenvalue weighted by atomic mass is 9.76. The molecule has 1 aliphatic rings. The number of rotatable bonds is 2. The minimum absolute atomic E-state index is 0.185. The molecule has 1 aliphatic carbocycles. The number of nitrogens with two attached hydrogens (primary N) is 2. The Morgan fingerprint density at radius 3 is 2.67 bits per heavy atom. The Labute approximate surface area is 94.1 Å². The molecule has 0 heterocycles. The quantitative estimate of drug-likeness (QED) is 0.594.